The van der Waals surface area contributed by atoms with Gasteiger partial charge in [0.2, 0.25) is 0 Å². The monoisotopic (exact) mass is 383 g/mol. The van der Waals surface area contributed by atoms with Crippen molar-refractivity contribution in [2.45, 2.75) is 6.04 Å². The number of carbonyl (C=O) groups excluding carboxylic acids is 1. The molecule has 1 saturated heterocycles. The molecule has 150 valence electrons. The summed E-state index contributed by atoms with van der Waals surface area (Å²) in [6.45, 7) is 4.60. The molecule has 0 saturated carbocycles. The minimum Gasteiger partial charge on any atom is -0.493 e. The molecule has 2 aromatic carbocycles. The van der Waals surface area contributed by atoms with Gasteiger partial charge in [0, 0.05) is 38.3 Å². The van der Waals surface area contributed by atoms with Crippen LogP contribution in [-0.2, 0) is 0 Å². The maximum Gasteiger partial charge on any atom is 0.251 e. The van der Waals surface area contributed by atoms with Crippen molar-refractivity contribution in [1.82, 2.24) is 15.1 Å². The van der Waals surface area contributed by atoms with Gasteiger partial charge in [0.15, 0.2) is 11.5 Å². The van der Waals surface area contributed by atoms with E-state index in [0.29, 0.717) is 23.6 Å². The van der Waals surface area contributed by atoms with Crippen molar-refractivity contribution in [3.8, 4) is 11.5 Å². The van der Waals surface area contributed by atoms with Gasteiger partial charge < -0.3 is 19.7 Å². The first-order chi connectivity index (χ1) is 13.6. The Bertz CT molecular complexity index is 774. The standard InChI is InChI=1S/C22H29N3O3/c1-24-11-13-25(14-12-24)19(17-7-5-4-6-8-17)16-23-22(26)18-9-10-20(27-2)21(15-18)28-3/h4-10,15,19H,11-14,16H2,1-3H3,(H,23,26). The van der Waals surface area contributed by atoms with Crippen LogP contribution in [0.1, 0.15) is 22.0 Å². The highest BCUT2D eigenvalue weighted by Gasteiger charge is 2.24. The van der Waals surface area contributed by atoms with Crippen LogP contribution in [0.2, 0.25) is 0 Å². The molecule has 2 aromatic rings. The Kier molecular flexibility index (Phi) is 6.90. The van der Waals surface area contributed by atoms with E-state index in [4.69, 9.17) is 9.47 Å². The number of methoxy groups -OCH3 is 2. The molecule has 0 aliphatic carbocycles. The van der Waals surface area contributed by atoms with Crippen LogP contribution in [-0.4, -0.2) is 69.7 Å². The third kappa shape index (κ3) is 4.82. The van der Waals surface area contributed by atoms with Crippen molar-refractivity contribution in [2.75, 3.05) is 54.0 Å². The number of ether oxygens (including phenoxy) is 2. The summed E-state index contributed by atoms with van der Waals surface area (Å²) in [6.07, 6.45) is 0. The fourth-order valence-electron chi connectivity index (χ4n) is 3.54. The molecule has 1 amide bonds. The summed E-state index contributed by atoms with van der Waals surface area (Å²) in [6, 6.07) is 15.8. The Labute approximate surface area is 167 Å². The number of nitrogens with zero attached hydrogens (tertiary/aromatic N) is 2. The van der Waals surface area contributed by atoms with Gasteiger partial charge in [-0.25, -0.2) is 0 Å². The molecule has 1 unspecified atom stereocenters. The van der Waals surface area contributed by atoms with Crippen LogP contribution in [0, 0.1) is 0 Å². The third-order valence-corrected chi connectivity index (χ3v) is 5.26. The number of likely N-dealkylation sites (N-methyl/N-ethyl adjacent to an activating group) is 1. The Morgan fingerprint density at radius 3 is 2.32 bits per heavy atom. The topological polar surface area (TPSA) is 54.0 Å². The number of rotatable bonds is 7. The van der Waals surface area contributed by atoms with Crippen molar-refractivity contribution in [3.05, 3.63) is 59.7 Å². The van der Waals surface area contributed by atoms with Crippen LogP contribution in [0.3, 0.4) is 0 Å². The second kappa shape index (κ2) is 9.57. The third-order valence-electron chi connectivity index (χ3n) is 5.26. The van der Waals surface area contributed by atoms with Gasteiger partial charge >= 0.3 is 0 Å². The molecule has 1 heterocycles. The molecular weight excluding hydrogens is 354 g/mol. The van der Waals surface area contributed by atoms with Crippen LogP contribution < -0.4 is 14.8 Å². The largest absolute Gasteiger partial charge is 0.493 e. The lowest BCUT2D eigenvalue weighted by Gasteiger charge is -2.38. The Balaban J connectivity index is 1.72. The highest BCUT2D eigenvalue weighted by molar-refractivity contribution is 5.94. The van der Waals surface area contributed by atoms with Gasteiger partial charge in [-0.2, -0.15) is 0 Å². The van der Waals surface area contributed by atoms with Crippen LogP contribution in [0.4, 0.5) is 0 Å². The normalized spacial score (nSPS) is 16.4. The van der Waals surface area contributed by atoms with Crippen molar-refractivity contribution in [2.24, 2.45) is 0 Å². The zero-order valence-electron chi connectivity index (χ0n) is 16.9. The maximum atomic E-state index is 12.7. The molecule has 1 atom stereocenters. The number of nitrogens with one attached hydrogen (secondary N) is 1. The van der Waals surface area contributed by atoms with E-state index < -0.39 is 0 Å². The number of hydrogen-bond acceptors (Lipinski definition) is 5. The van der Waals surface area contributed by atoms with Gasteiger partial charge in [-0.1, -0.05) is 30.3 Å². The average Bonchev–Trinajstić information content (AvgIpc) is 2.75. The smallest absolute Gasteiger partial charge is 0.251 e. The summed E-state index contributed by atoms with van der Waals surface area (Å²) >= 11 is 0. The zero-order valence-corrected chi connectivity index (χ0v) is 16.9. The highest BCUT2D eigenvalue weighted by Crippen LogP contribution is 2.27. The van der Waals surface area contributed by atoms with E-state index in [2.05, 4.69) is 46.4 Å². The number of benzene rings is 2. The number of piperazine rings is 1. The van der Waals surface area contributed by atoms with Gasteiger partial charge in [0.05, 0.1) is 20.3 Å². The summed E-state index contributed by atoms with van der Waals surface area (Å²) in [5.41, 5.74) is 1.78. The molecule has 1 aliphatic rings. The van der Waals surface area contributed by atoms with Crippen molar-refractivity contribution < 1.29 is 14.3 Å². The quantitative estimate of drug-likeness (QED) is 0.796. The molecule has 1 fully saturated rings. The molecule has 0 spiro atoms. The van der Waals surface area contributed by atoms with Crippen LogP contribution in [0.5, 0.6) is 11.5 Å². The molecule has 1 N–H and O–H groups in total. The Morgan fingerprint density at radius 2 is 1.68 bits per heavy atom. The second-order valence-electron chi connectivity index (χ2n) is 7.05. The fourth-order valence-corrected chi connectivity index (χ4v) is 3.54. The second-order valence-corrected chi connectivity index (χ2v) is 7.05. The Hall–Kier alpha value is -2.57. The highest BCUT2D eigenvalue weighted by atomic mass is 16.5. The SMILES string of the molecule is COc1ccc(C(=O)NCC(c2ccccc2)N2CCN(C)CC2)cc1OC. The van der Waals surface area contributed by atoms with E-state index in [1.165, 1.54) is 5.56 Å². The van der Waals surface area contributed by atoms with Gasteiger partial charge in [-0.05, 0) is 30.8 Å². The summed E-state index contributed by atoms with van der Waals surface area (Å²) < 4.78 is 10.6. The van der Waals surface area contributed by atoms with E-state index >= 15 is 0 Å². The van der Waals surface area contributed by atoms with Crippen molar-refractivity contribution in [3.63, 3.8) is 0 Å². The molecule has 0 aromatic heterocycles. The number of carbonyl (C=O) groups is 1. The van der Waals surface area contributed by atoms with Crippen LogP contribution >= 0.6 is 0 Å². The predicted octanol–water partition coefficient (Wildman–Crippen LogP) is 2.42. The van der Waals surface area contributed by atoms with E-state index in [1.807, 2.05) is 6.07 Å². The van der Waals surface area contributed by atoms with Gasteiger partial charge in [-0.15, -0.1) is 0 Å². The first kappa shape index (κ1) is 20.2. The lowest BCUT2D eigenvalue weighted by Crippen LogP contribution is -2.48. The average molecular weight is 383 g/mol. The van der Waals surface area contributed by atoms with Crippen LogP contribution in [0.15, 0.2) is 48.5 Å². The van der Waals surface area contributed by atoms with Gasteiger partial charge in [0.25, 0.3) is 5.91 Å². The van der Waals surface area contributed by atoms with Gasteiger partial charge in [0.1, 0.15) is 0 Å². The predicted molar refractivity (Wildman–Crippen MR) is 110 cm³/mol. The molecule has 6 heteroatoms. The zero-order chi connectivity index (χ0) is 19.9. The van der Waals surface area contributed by atoms with E-state index in [9.17, 15) is 4.79 Å². The lowest BCUT2D eigenvalue weighted by molar-refractivity contribution is 0.0886. The minimum atomic E-state index is -0.115. The fraction of sp³-hybridized carbons (Fsp3) is 0.409. The number of amides is 1. The molecule has 28 heavy (non-hydrogen) atoms. The molecule has 0 bridgehead atoms. The number of hydrogen-bond donors (Lipinski definition) is 1. The van der Waals surface area contributed by atoms with Gasteiger partial charge in [-0.3, -0.25) is 9.69 Å². The summed E-state index contributed by atoms with van der Waals surface area (Å²) in [5, 5.41) is 3.10. The molecule has 6 nitrogen and oxygen atoms in total. The van der Waals surface area contributed by atoms with E-state index in [0.717, 1.165) is 26.2 Å². The van der Waals surface area contributed by atoms with Crippen molar-refractivity contribution >= 4 is 5.91 Å². The lowest BCUT2D eigenvalue weighted by atomic mass is 10.0. The van der Waals surface area contributed by atoms with Crippen molar-refractivity contribution in [1.29, 1.82) is 0 Å². The van der Waals surface area contributed by atoms with E-state index in [-0.39, 0.29) is 11.9 Å². The summed E-state index contributed by atoms with van der Waals surface area (Å²) in [5.74, 6) is 1.04. The maximum absolute atomic E-state index is 12.7. The molecular formula is C22H29N3O3. The summed E-state index contributed by atoms with van der Waals surface area (Å²) in [7, 11) is 5.30. The molecule has 3 rings (SSSR count). The minimum absolute atomic E-state index is 0.115. The van der Waals surface area contributed by atoms with E-state index in [1.54, 1.807) is 32.4 Å². The Morgan fingerprint density at radius 1 is 1.00 bits per heavy atom. The van der Waals surface area contributed by atoms with Crippen LogP contribution in [0.25, 0.3) is 0 Å². The molecule has 1 aliphatic heterocycles. The first-order valence-electron chi connectivity index (χ1n) is 9.60. The molecule has 0 radical (unpaired) electrons. The first-order valence-corrected chi connectivity index (χ1v) is 9.60. The summed E-state index contributed by atoms with van der Waals surface area (Å²) in [4.78, 5) is 17.5.